The summed E-state index contributed by atoms with van der Waals surface area (Å²) < 4.78 is 0. The summed E-state index contributed by atoms with van der Waals surface area (Å²) in [4.78, 5) is 31.6. The van der Waals surface area contributed by atoms with Crippen LogP contribution >= 0.6 is 34.8 Å². The molecule has 1 amide bonds. The molecule has 8 heteroatoms. The number of benzene rings is 2. The summed E-state index contributed by atoms with van der Waals surface area (Å²) in [5.74, 6) is -1.85. The summed E-state index contributed by atoms with van der Waals surface area (Å²) in [6.07, 6.45) is 1.61. The second-order valence-corrected chi connectivity index (χ2v) is 8.18. The van der Waals surface area contributed by atoms with Gasteiger partial charge in [0.15, 0.2) is 0 Å². The Hall–Kier alpha value is -2.86. The van der Waals surface area contributed by atoms with Crippen LogP contribution in [0.5, 0.6) is 0 Å². The Balaban J connectivity index is 1.87. The van der Waals surface area contributed by atoms with Gasteiger partial charge < -0.3 is 10.0 Å². The fraction of sp³-hybridized carbons (Fsp3) is 0.0870. The van der Waals surface area contributed by atoms with E-state index in [1.807, 2.05) is 0 Å². The number of rotatable bonds is 4. The molecule has 1 aliphatic rings. The third-order valence-corrected chi connectivity index (χ3v) is 5.97. The second kappa shape index (κ2) is 8.71. The number of hydrogen-bond acceptors (Lipinski definition) is 4. The zero-order valence-corrected chi connectivity index (χ0v) is 18.2. The van der Waals surface area contributed by atoms with Crippen LogP contribution in [0.1, 0.15) is 22.9 Å². The highest BCUT2D eigenvalue weighted by Gasteiger charge is 2.46. The lowest BCUT2D eigenvalue weighted by molar-refractivity contribution is -0.140. The molecular formula is C23H15Cl3N2O3. The van der Waals surface area contributed by atoms with Gasteiger partial charge in [0, 0.05) is 16.8 Å². The molecule has 1 N–H and O–H groups in total. The van der Waals surface area contributed by atoms with E-state index in [4.69, 9.17) is 34.8 Å². The van der Waals surface area contributed by atoms with Crippen molar-refractivity contribution >= 4 is 52.3 Å². The van der Waals surface area contributed by atoms with E-state index >= 15 is 0 Å². The van der Waals surface area contributed by atoms with Crippen LogP contribution in [0.25, 0.3) is 5.76 Å². The molecule has 1 unspecified atom stereocenters. The number of hydrogen-bond donors (Lipinski definition) is 1. The minimum absolute atomic E-state index is 0.0401. The number of carbonyl (C=O) groups is 2. The number of Topliss-reactive ketones (excluding diaryl/α,β-unsaturated/α-hetero) is 1. The smallest absolute Gasteiger partial charge is 0.296 e. The lowest BCUT2D eigenvalue weighted by atomic mass is 9.95. The van der Waals surface area contributed by atoms with Crippen molar-refractivity contribution in [2.75, 3.05) is 0 Å². The molecule has 0 aliphatic carbocycles. The first-order valence-electron chi connectivity index (χ1n) is 9.26. The van der Waals surface area contributed by atoms with Crippen molar-refractivity contribution in [3.8, 4) is 0 Å². The van der Waals surface area contributed by atoms with E-state index in [0.29, 0.717) is 21.3 Å². The van der Waals surface area contributed by atoms with E-state index in [1.54, 1.807) is 48.7 Å². The first kappa shape index (κ1) is 21.4. The monoisotopic (exact) mass is 472 g/mol. The number of pyridine rings is 1. The first-order valence-corrected chi connectivity index (χ1v) is 10.4. The Bertz CT molecular complexity index is 1190. The number of carbonyl (C=O) groups excluding carboxylic acids is 2. The summed E-state index contributed by atoms with van der Waals surface area (Å²) in [6.45, 7) is 0.0941. The van der Waals surface area contributed by atoms with Gasteiger partial charge in [-0.15, -0.1) is 0 Å². The normalized spacial score (nSPS) is 17.9. The van der Waals surface area contributed by atoms with E-state index in [0.717, 1.165) is 0 Å². The van der Waals surface area contributed by atoms with Crippen LogP contribution in [-0.4, -0.2) is 26.7 Å². The predicted octanol–water partition coefficient (Wildman–Crippen LogP) is 5.66. The van der Waals surface area contributed by atoms with Crippen LogP contribution in [0.4, 0.5) is 0 Å². The molecule has 1 saturated heterocycles. The molecule has 0 radical (unpaired) electrons. The van der Waals surface area contributed by atoms with Crippen LogP contribution < -0.4 is 0 Å². The maximum atomic E-state index is 13.0. The number of ketones is 1. The van der Waals surface area contributed by atoms with Gasteiger partial charge in [0.2, 0.25) is 0 Å². The number of aliphatic hydroxyl groups is 1. The lowest BCUT2D eigenvalue weighted by Crippen LogP contribution is -2.29. The number of likely N-dealkylation sites (tertiary alicyclic amines) is 1. The summed E-state index contributed by atoms with van der Waals surface area (Å²) in [7, 11) is 0. The minimum atomic E-state index is -0.825. The highest BCUT2D eigenvalue weighted by molar-refractivity contribution is 6.46. The molecule has 4 rings (SSSR count). The van der Waals surface area contributed by atoms with Crippen LogP contribution in [0.3, 0.4) is 0 Å². The topological polar surface area (TPSA) is 70.5 Å². The van der Waals surface area contributed by atoms with Crippen molar-refractivity contribution in [3.05, 3.63) is 104 Å². The van der Waals surface area contributed by atoms with Crippen molar-refractivity contribution in [2.45, 2.75) is 12.6 Å². The van der Waals surface area contributed by atoms with Gasteiger partial charge in [0.05, 0.1) is 33.9 Å². The zero-order valence-electron chi connectivity index (χ0n) is 15.9. The predicted molar refractivity (Wildman–Crippen MR) is 120 cm³/mol. The Kier molecular flexibility index (Phi) is 6.01. The Morgan fingerprint density at radius 2 is 1.71 bits per heavy atom. The number of halogens is 3. The Morgan fingerprint density at radius 1 is 0.968 bits per heavy atom. The summed E-state index contributed by atoms with van der Waals surface area (Å²) in [6, 6.07) is 15.8. The Labute approximate surface area is 193 Å². The fourth-order valence-electron chi connectivity index (χ4n) is 3.50. The van der Waals surface area contributed by atoms with Gasteiger partial charge in [-0.05, 0) is 48.0 Å². The molecule has 3 aromatic rings. The average molecular weight is 474 g/mol. The summed E-state index contributed by atoms with van der Waals surface area (Å²) in [5.41, 5.74) is 1.48. The van der Waals surface area contributed by atoms with E-state index in [-0.39, 0.29) is 28.5 Å². The van der Waals surface area contributed by atoms with Crippen LogP contribution in [0, 0.1) is 0 Å². The van der Waals surface area contributed by atoms with Crippen molar-refractivity contribution in [1.82, 2.24) is 9.88 Å². The maximum absolute atomic E-state index is 13.0. The van der Waals surface area contributed by atoms with Gasteiger partial charge in [-0.25, -0.2) is 0 Å². The Morgan fingerprint density at radius 3 is 2.35 bits per heavy atom. The molecule has 156 valence electrons. The third-order valence-electron chi connectivity index (χ3n) is 4.98. The van der Waals surface area contributed by atoms with Crippen molar-refractivity contribution in [3.63, 3.8) is 0 Å². The quantitative estimate of drug-likeness (QED) is 0.301. The molecule has 0 saturated carbocycles. The second-order valence-electron chi connectivity index (χ2n) is 6.93. The fourth-order valence-corrected chi connectivity index (χ4v) is 3.92. The van der Waals surface area contributed by atoms with Gasteiger partial charge in [-0.1, -0.05) is 53.0 Å². The van der Waals surface area contributed by atoms with Crippen LogP contribution in [-0.2, 0) is 16.1 Å². The SMILES string of the molecule is O=C1C(=O)N(Cc2ccccn2)C(c2ccc(Cl)cc2)/C1=C(/O)c1ccc(Cl)c(Cl)c1. The number of amides is 1. The highest BCUT2D eigenvalue weighted by Crippen LogP contribution is 2.41. The average Bonchev–Trinajstić information content (AvgIpc) is 3.01. The molecular weight excluding hydrogens is 459 g/mol. The van der Waals surface area contributed by atoms with Crippen molar-refractivity contribution < 1.29 is 14.7 Å². The summed E-state index contributed by atoms with van der Waals surface area (Å²) >= 11 is 18.1. The number of nitrogens with zero attached hydrogens (tertiary/aromatic N) is 2. The van der Waals surface area contributed by atoms with E-state index in [2.05, 4.69) is 4.98 Å². The van der Waals surface area contributed by atoms with Gasteiger partial charge in [0.1, 0.15) is 5.76 Å². The van der Waals surface area contributed by atoms with E-state index < -0.39 is 17.7 Å². The first-order chi connectivity index (χ1) is 14.9. The molecule has 5 nitrogen and oxygen atoms in total. The lowest BCUT2D eigenvalue weighted by Gasteiger charge is -2.25. The molecule has 2 aromatic carbocycles. The minimum Gasteiger partial charge on any atom is -0.507 e. The molecule has 1 atom stereocenters. The van der Waals surface area contributed by atoms with Gasteiger partial charge in [-0.3, -0.25) is 14.6 Å². The van der Waals surface area contributed by atoms with Crippen molar-refractivity contribution in [2.24, 2.45) is 0 Å². The summed E-state index contributed by atoms with van der Waals surface area (Å²) in [5, 5.41) is 12.1. The van der Waals surface area contributed by atoms with Gasteiger partial charge >= 0.3 is 0 Å². The van der Waals surface area contributed by atoms with Gasteiger partial charge in [-0.2, -0.15) is 0 Å². The molecule has 1 aliphatic heterocycles. The van der Waals surface area contributed by atoms with E-state index in [1.165, 1.54) is 23.1 Å². The largest absolute Gasteiger partial charge is 0.507 e. The molecule has 0 spiro atoms. The van der Waals surface area contributed by atoms with Gasteiger partial charge in [0.25, 0.3) is 11.7 Å². The van der Waals surface area contributed by atoms with E-state index in [9.17, 15) is 14.7 Å². The van der Waals surface area contributed by atoms with Crippen LogP contribution in [0.2, 0.25) is 15.1 Å². The number of aromatic nitrogens is 1. The number of aliphatic hydroxyl groups excluding tert-OH is 1. The van der Waals surface area contributed by atoms with Crippen LogP contribution in [0.15, 0.2) is 72.4 Å². The molecule has 1 fully saturated rings. The van der Waals surface area contributed by atoms with Crippen molar-refractivity contribution in [1.29, 1.82) is 0 Å². The maximum Gasteiger partial charge on any atom is 0.296 e. The molecule has 1 aromatic heterocycles. The molecule has 0 bridgehead atoms. The third kappa shape index (κ3) is 4.17. The molecule has 31 heavy (non-hydrogen) atoms. The molecule has 2 heterocycles. The standard InChI is InChI=1S/C23H15Cl3N2O3/c24-15-7-4-13(5-8-15)20-19(21(29)14-6-9-17(25)18(26)11-14)22(30)23(31)28(20)12-16-3-1-2-10-27-16/h1-11,20,29H,12H2/b21-19-. The highest BCUT2D eigenvalue weighted by atomic mass is 35.5. The zero-order chi connectivity index (χ0) is 22.1.